The van der Waals surface area contributed by atoms with Crippen molar-refractivity contribution in [3.63, 3.8) is 0 Å². The molecule has 0 bridgehead atoms. The predicted octanol–water partition coefficient (Wildman–Crippen LogP) is 2.98. The lowest BCUT2D eigenvalue weighted by Gasteiger charge is -2.30. The zero-order chi connectivity index (χ0) is 15.2. The highest BCUT2D eigenvalue weighted by Crippen LogP contribution is 2.35. The highest BCUT2D eigenvalue weighted by Gasteiger charge is 2.14. The van der Waals surface area contributed by atoms with Gasteiger partial charge in [-0.15, -0.1) is 0 Å². The van der Waals surface area contributed by atoms with E-state index in [-0.39, 0.29) is 5.75 Å². The molecule has 0 aliphatic carbocycles. The first-order valence-electron chi connectivity index (χ1n) is 7.58. The second-order valence-electron chi connectivity index (χ2n) is 5.83. The van der Waals surface area contributed by atoms with E-state index in [1.807, 2.05) is 12.1 Å². The molecule has 0 unspecified atom stereocenters. The highest BCUT2D eigenvalue weighted by molar-refractivity contribution is 9.10. The Balaban J connectivity index is 1.75. The molecule has 1 heterocycles. The fraction of sp³-hybridized carbons (Fsp3) is 0.625. The van der Waals surface area contributed by atoms with Crippen molar-refractivity contribution >= 4 is 15.9 Å². The van der Waals surface area contributed by atoms with E-state index in [1.54, 1.807) is 7.11 Å². The van der Waals surface area contributed by atoms with Gasteiger partial charge in [0.2, 0.25) is 0 Å². The van der Waals surface area contributed by atoms with Gasteiger partial charge in [0.25, 0.3) is 0 Å². The molecule has 1 aromatic carbocycles. The number of halogens is 1. The van der Waals surface area contributed by atoms with Crippen LogP contribution < -0.4 is 10.1 Å². The third-order valence-corrected chi connectivity index (χ3v) is 4.72. The van der Waals surface area contributed by atoms with Gasteiger partial charge in [-0.05, 0) is 65.5 Å². The van der Waals surface area contributed by atoms with Crippen LogP contribution in [0.2, 0.25) is 0 Å². The quantitative estimate of drug-likeness (QED) is 0.769. The molecule has 21 heavy (non-hydrogen) atoms. The van der Waals surface area contributed by atoms with Crippen molar-refractivity contribution in [2.75, 3.05) is 33.3 Å². The Morgan fingerprint density at radius 3 is 2.76 bits per heavy atom. The van der Waals surface area contributed by atoms with E-state index < -0.39 is 0 Å². The highest BCUT2D eigenvalue weighted by atomic mass is 79.9. The van der Waals surface area contributed by atoms with Gasteiger partial charge < -0.3 is 20.1 Å². The van der Waals surface area contributed by atoms with E-state index in [2.05, 4.69) is 33.1 Å². The number of ether oxygens (including phenoxy) is 1. The Hall–Kier alpha value is -0.780. The monoisotopic (exact) mass is 356 g/mol. The number of phenolic OH excluding ortho intramolecular Hbond substituents is 1. The lowest BCUT2D eigenvalue weighted by atomic mass is 9.99. The van der Waals surface area contributed by atoms with Crippen LogP contribution in [0.3, 0.4) is 0 Å². The van der Waals surface area contributed by atoms with Crippen LogP contribution in [0.5, 0.6) is 11.5 Å². The summed E-state index contributed by atoms with van der Waals surface area (Å²) in [7, 11) is 1.57. The van der Waals surface area contributed by atoms with Gasteiger partial charge >= 0.3 is 0 Å². The largest absolute Gasteiger partial charge is 0.503 e. The number of hydrogen-bond acceptors (Lipinski definition) is 4. The molecule has 0 atom stereocenters. The van der Waals surface area contributed by atoms with E-state index >= 15 is 0 Å². The average Bonchev–Trinajstić information content (AvgIpc) is 2.48. The molecule has 1 fully saturated rings. The number of nitrogens with zero attached hydrogens (tertiary/aromatic N) is 1. The van der Waals surface area contributed by atoms with Crippen molar-refractivity contribution in [1.29, 1.82) is 0 Å². The molecule has 0 radical (unpaired) electrons. The van der Waals surface area contributed by atoms with Gasteiger partial charge in [0.05, 0.1) is 11.6 Å². The number of likely N-dealkylation sites (tertiary alicyclic amines) is 1. The number of nitrogens with one attached hydrogen (secondary N) is 1. The lowest BCUT2D eigenvalue weighted by Crippen LogP contribution is -2.37. The fourth-order valence-corrected chi connectivity index (χ4v) is 3.13. The van der Waals surface area contributed by atoms with Crippen LogP contribution in [0, 0.1) is 5.92 Å². The van der Waals surface area contributed by atoms with Gasteiger partial charge in [0.15, 0.2) is 11.5 Å². The van der Waals surface area contributed by atoms with Crippen LogP contribution in [0.25, 0.3) is 0 Å². The molecule has 1 saturated heterocycles. The van der Waals surface area contributed by atoms with Crippen LogP contribution >= 0.6 is 15.9 Å². The molecule has 2 N–H and O–H groups in total. The van der Waals surface area contributed by atoms with E-state index in [9.17, 15) is 5.11 Å². The van der Waals surface area contributed by atoms with Gasteiger partial charge in [-0.1, -0.05) is 6.92 Å². The topological polar surface area (TPSA) is 44.7 Å². The maximum absolute atomic E-state index is 9.79. The van der Waals surface area contributed by atoms with Crippen molar-refractivity contribution in [1.82, 2.24) is 10.2 Å². The maximum atomic E-state index is 9.79. The molecule has 0 aromatic heterocycles. The van der Waals surface area contributed by atoms with Crippen LogP contribution in [0.1, 0.15) is 25.3 Å². The van der Waals surface area contributed by atoms with Crippen molar-refractivity contribution in [3.05, 3.63) is 22.2 Å². The van der Waals surface area contributed by atoms with Crippen LogP contribution in [0.15, 0.2) is 16.6 Å². The Morgan fingerprint density at radius 2 is 2.10 bits per heavy atom. The van der Waals surface area contributed by atoms with Crippen LogP contribution in [0.4, 0.5) is 0 Å². The minimum Gasteiger partial charge on any atom is -0.503 e. The molecular weight excluding hydrogens is 332 g/mol. The SMILES string of the molecule is COc1cc(CNCCN2CCC(C)CC2)cc(Br)c1O. The number of piperidine rings is 1. The summed E-state index contributed by atoms with van der Waals surface area (Å²) in [6.07, 6.45) is 2.64. The molecule has 5 heteroatoms. The summed E-state index contributed by atoms with van der Waals surface area (Å²) in [6, 6.07) is 3.79. The molecule has 0 spiro atoms. The first-order valence-corrected chi connectivity index (χ1v) is 8.38. The molecule has 1 aliphatic rings. The van der Waals surface area contributed by atoms with Crippen molar-refractivity contribution in [2.24, 2.45) is 5.92 Å². The van der Waals surface area contributed by atoms with E-state index in [0.29, 0.717) is 10.2 Å². The summed E-state index contributed by atoms with van der Waals surface area (Å²) in [4.78, 5) is 2.53. The molecule has 1 aliphatic heterocycles. The summed E-state index contributed by atoms with van der Waals surface area (Å²) in [5.74, 6) is 1.55. The molecule has 118 valence electrons. The standard InChI is InChI=1S/C16H25BrN2O2/c1-12-3-6-19(7-4-12)8-5-18-11-13-9-14(17)16(20)15(10-13)21-2/h9-10,12,18,20H,3-8,11H2,1-2H3. The van der Waals surface area contributed by atoms with Crippen LogP contribution in [-0.4, -0.2) is 43.3 Å². The summed E-state index contributed by atoms with van der Waals surface area (Å²) in [5.41, 5.74) is 1.10. The smallest absolute Gasteiger partial charge is 0.172 e. The minimum absolute atomic E-state index is 0.156. The number of rotatable bonds is 6. The third-order valence-electron chi connectivity index (χ3n) is 4.12. The van der Waals surface area contributed by atoms with Crippen LogP contribution in [-0.2, 0) is 6.54 Å². The average molecular weight is 357 g/mol. The molecular formula is C16H25BrN2O2. The zero-order valence-corrected chi connectivity index (χ0v) is 14.4. The van der Waals surface area contributed by atoms with E-state index in [4.69, 9.17) is 4.74 Å². The van der Waals surface area contributed by atoms with Gasteiger partial charge in [0, 0.05) is 19.6 Å². The van der Waals surface area contributed by atoms with Gasteiger partial charge in [0.1, 0.15) is 0 Å². The zero-order valence-electron chi connectivity index (χ0n) is 12.9. The Kier molecular flexibility index (Phi) is 6.33. The number of phenols is 1. The second kappa shape index (κ2) is 8.01. The molecule has 1 aromatic rings. The summed E-state index contributed by atoms with van der Waals surface area (Å²) in [5, 5.41) is 13.2. The lowest BCUT2D eigenvalue weighted by molar-refractivity contribution is 0.193. The van der Waals surface area contributed by atoms with E-state index in [1.165, 1.54) is 25.9 Å². The molecule has 2 rings (SSSR count). The number of hydrogen-bond donors (Lipinski definition) is 2. The first kappa shape index (κ1) is 16.6. The van der Waals surface area contributed by atoms with Crippen molar-refractivity contribution in [3.8, 4) is 11.5 Å². The third kappa shape index (κ3) is 4.87. The molecule has 0 amide bonds. The van der Waals surface area contributed by atoms with Crippen molar-refractivity contribution < 1.29 is 9.84 Å². The molecule has 0 saturated carbocycles. The molecule has 4 nitrogen and oxygen atoms in total. The fourth-order valence-electron chi connectivity index (χ4n) is 2.64. The summed E-state index contributed by atoms with van der Waals surface area (Å²) < 4.78 is 5.83. The normalized spacial score (nSPS) is 17.1. The van der Waals surface area contributed by atoms with Gasteiger partial charge in [-0.3, -0.25) is 0 Å². The first-order chi connectivity index (χ1) is 10.1. The maximum Gasteiger partial charge on any atom is 0.172 e. The van der Waals surface area contributed by atoms with Gasteiger partial charge in [-0.2, -0.15) is 0 Å². The Labute approximate surface area is 135 Å². The minimum atomic E-state index is 0.156. The number of methoxy groups -OCH3 is 1. The Bertz CT molecular complexity index is 460. The summed E-state index contributed by atoms with van der Waals surface area (Å²) in [6.45, 7) is 7.65. The number of benzene rings is 1. The summed E-state index contributed by atoms with van der Waals surface area (Å²) >= 11 is 3.35. The predicted molar refractivity (Wildman–Crippen MR) is 88.9 cm³/mol. The van der Waals surface area contributed by atoms with Crippen molar-refractivity contribution in [2.45, 2.75) is 26.3 Å². The van der Waals surface area contributed by atoms with Gasteiger partial charge in [-0.25, -0.2) is 0 Å². The second-order valence-corrected chi connectivity index (χ2v) is 6.68. The Morgan fingerprint density at radius 1 is 1.38 bits per heavy atom. The van der Waals surface area contributed by atoms with E-state index in [0.717, 1.165) is 31.1 Å². The number of aromatic hydroxyl groups is 1.